The lowest BCUT2D eigenvalue weighted by atomic mass is 10.0. The molecule has 3 rings (SSSR count). The highest BCUT2D eigenvalue weighted by Crippen LogP contribution is 2.33. The molecule has 1 amide bonds. The van der Waals surface area contributed by atoms with Crippen molar-refractivity contribution in [1.29, 1.82) is 0 Å². The van der Waals surface area contributed by atoms with E-state index in [0.717, 1.165) is 6.42 Å². The van der Waals surface area contributed by atoms with Crippen LogP contribution >= 0.6 is 11.3 Å². The molecular weight excluding hydrogens is 238 g/mol. The number of rotatable bonds is 1. The lowest BCUT2D eigenvalue weighted by Gasteiger charge is -2.32. The number of carbonyl (C=O) groups is 1. The summed E-state index contributed by atoms with van der Waals surface area (Å²) in [6, 6.07) is 2.16. The van der Waals surface area contributed by atoms with Gasteiger partial charge < -0.3 is 4.90 Å². The molecule has 0 radical (unpaired) electrons. The third-order valence-corrected chi connectivity index (χ3v) is 4.07. The maximum Gasteiger partial charge on any atom is 0.295 e. The minimum atomic E-state index is -0.164. The number of H-pyrrole nitrogens is 1. The van der Waals surface area contributed by atoms with Gasteiger partial charge in [-0.05, 0) is 35.6 Å². The van der Waals surface area contributed by atoms with Gasteiger partial charge in [0.05, 0.1) is 6.04 Å². The minimum absolute atomic E-state index is 0.0796. The molecule has 1 N–H and O–H groups in total. The molecule has 0 spiro atoms. The lowest BCUT2D eigenvalue weighted by Crippen LogP contribution is -2.38. The van der Waals surface area contributed by atoms with E-state index in [0.29, 0.717) is 6.54 Å². The van der Waals surface area contributed by atoms with Crippen molar-refractivity contribution in [2.45, 2.75) is 19.4 Å². The Kier molecular flexibility index (Phi) is 2.40. The Morgan fingerprint density at radius 2 is 2.53 bits per heavy atom. The molecule has 3 heterocycles. The van der Waals surface area contributed by atoms with E-state index in [4.69, 9.17) is 0 Å². The number of hydrogen-bond donors (Lipinski definition) is 1. The zero-order chi connectivity index (χ0) is 11.8. The van der Waals surface area contributed by atoms with Crippen LogP contribution in [0.3, 0.4) is 0 Å². The number of aromatic nitrogens is 4. The quantitative estimate of drug-likeness (QED) is 0.818. The molecular formula is C10H11N5OS. The Morgan fingerprint density at radius 3 is 3.29 bits per heavy atom. The summed E-state index contributed by atoms with van der Waals surface area (Å²) in [6.45, 7) is 2.74. The number of aromatic amines is 1. The van der Waals surface area contributed by atoms with Gasteiger partial charge in [-0.2, -0.15) is 5.21 Å². The zero-order valence-electron chi connectivity index (χ0n) is 9.25. The van der Waals surface area contributed by atoms with Crippen LogP contribution in [0, 0.1) is 0 Å². The molecule has 1 aliphatic rings. The van der Waals surface area contributed by atoms with Gasteiger partial charge in [0.25, 0.3) is 11.7 Å². The summed E-state index contributed by atoms with van der Waals surface area (Å²) in [6.07, 6.45) is 0.904. The van der Waals surface area contributed by atoms with E-state index in [1.165, 1.54) is 10.4 Å². The Bertz CT molecular complexity index is 535. The van der Waals surface area contributed by atoms with E-state index in [1.54, 1.807) is 16.2 Å². The van der Waals surface area contributed by atoms with Crippen LogP contribution < -0.4 is 0 Å². The van der Waals surface area contributed by atoms with Crippen molar-refractivity contribution in [3.63, 3.8) is 0 Å². The highest BCUT2D eigenvalue weighted by Gasteiger charge is 2.30. The van der Waals surface area contributed by atoms with Crippen molar-refractivity contribution in [2.24, 2.45) is 0 Å². The van der Waals surface area contributed by atoms with Crippen molar-refractivity contribution in [3.8, 4) is 0 Å². The molecule has 0 aliphatic carbocycles. The molecule has 1 atom stereocenters. The zero-order valence-corrected chi connectivity index (χ0v) is 10.1. The summed E-state index contributed by atoms with van der Waals surface area (Å²) >= 11 is 1.75. The summed E-state index contributed by atoms with van der Waals surface area (Å²) in [4.78, 5) is 15.3. The van der Waals surface area contributed by atoms with Crippen LogP contribution in [-0.2, 0) is 6.42 Å². The molecule has 2 aromatic heterocycles. The first-order valence-corrected chi connectivity index (χ1v) is 6.26. The van der Waals surface area contributed by atoms with Crippen LogP contribution in [0.15, 0.2) is 11.4 Å². The van der Waals surface area contributed by atoms with E-state index in [2.05, 4.69) is 32.1 Å². The fourth-order valence-corrected chi connectivity index (χ4v) is 3.13. The first-order chi connectivity index (χ1) is 8.27. The monoisotopic (exact) mass is 249 g/mol. The summed E-state index contributed by atoms with van der Waals surface area (Å²) < 4.78 is 0. The Morgan fingerprint density at radius 1 is 1.65 bits per heavy atom. The smallest absolute Gasteiger partial charge is 0.295 e. The number of fused-ring (bicyclic) bond motifs is 1. The van der Waals surface area contributed by atoms with E-state index >= 15 is 0 Å². The van der Waals surface area contributed by atoms with Gasteiger partial charge in [0, 0.05) is 11.4 Å². The first-order valence-electron chi connectivity index (χ1n) is 5.38. The van der Waals surface area contributed by atoms with Gasteiger partial charge in [0.2, 0.25) is 0 Å². The molecule has 0 saturated carbocycles. The average molecular weight is 249 g/mol. The number of hydrogen-bond acceptors (Lipinski definition) is 5. The van der Waals surface area contributed by atoms with Crippen LogP contribution in [0.25, 0.3) is 0 Å². The fraction of sp³-hybridized carbons (Fsp3) is 0.400. The van der Waals surface area contributed by atoms with Crippen molar-refractivity contribution in [3.05, 3.63) is 27.7 Å². The van der Waals surface area contributed by atoms with Gasteiger partial charge in [-0.1, -0.05) is 0 Å². The van der Waals surface area contributed by atoms with E-state index in [1.807, 2.05) is 6.92 Å². The summed E-state index contributed by atoms with van der Waals surface area (Å²) in [7, 11) is 0. The van der Waals surface area contributed by atoms with Crippen molar-refractivity contribution < 1.29 is 4.79 Å². The Labute approximate surface area is 102 Å². The second-order valence-electron chi connectivity index (χ2n) is 3.96. The van der Waals surface area contributed by atoms with Crippen molar-refractivity contribution in [2.75, 3.05) is 6.54 Å². The van der Waals surface area contributed by atoms with E-state index in [9.17, 15) is 4.79 Å². The molecule has 88 valence electrons. The first kappa shape index (κ1) is 10.4. The second kappa shape index (κ2) is 3.92. The highest BCUT2D eigenvalue weighted by molar-refractivity contribution is 7.10. The normalized spacial score (nSPS) is 19.1. The molecule has 17 heavy (non-hydrogen) atoms. The number of thiophene rings is 1. The third-order valence-electron chi connectivity index (χ3n) is 3.07. The van der Waals surface area contributed by atoms with Crippen molar-refractivity contribution in [1.82, 2.24) is 25.5 Å². The van der Waals surface area contributed by atoms with Gasteiger partial charge in [0.1, 0.15) is 0 Å². The fourth-order valence-electron chi connectivity index (χ4n) is 2.17. The number of tetrazole rings is 1. The van der Waals surface area contributed by atoms with E-state index < -0.39 is 0 Å². The molecule has 0 saturated heterocycles. The van der Waals surface area contributed by atoms with Gasteiger partial charge in [-0.15, -0.1) is 21.5 Å². The molecule has 0 bridgehead atoms. The van der Waals surface area contributed by atoms with Crippen LogP contribution in [-0.4, -0.2) is 38.0 Å². The SMILES string of the molecule is CC1c2ccsc2CCN1C(=O)c1nn[nH]n1. The summed E-state index contributed by atoms with van der Waals surface area (Å²) in [5.74, 6) is -0.0290. The second-order valence-corrected chi connectivity index (χ2v) is 4.96. The highest BCUT2D eigenvalue weighted by atomic mass is 32.1. The van der Waals surface area contributed by atoms with Gasteiger partial charge in [-0.3, -0.25) is 4.79 Å². The van der Waals surface area contributed by atoms with Crippen LogP contribution in [0.2, 0.25) is 0 Å². The summed E-state index contributed by atoms with van der Waals surface area (Å²) in [5, 5.41) is 15.3. The van der Waals surface area contributed by atoms with Crippen LogP contribution in [0.1, 0.15) is 34.0 Å². The summed E-state index contributed by atoms with van der Waals surface area (Å²) in [5.41, 5.74) is 1.23. The predicted molar refractivity (Wildman–Crippen MR) is 61.7 cm³/mol. The minimum Gasteiger partial charge on any atom is -0.329 e. The molecule has 1 aliphatic heterocycles. The molecule has 2 aromatic rings. The largest absolute Gasteiger partial charge is 0.329 e. The third kappa shape index (κ3) is 1.62. The Balaban J connectivity index is 1.89. The predicted octanol–water partition coefficient (Wildman–Crippen LogP) is 1.02. The van der Waals surface area contributed by atoms with Gasteiger partial charge in [0.15, 0.2) is 0 Å². The topological polar surface area (TPSA) is 74.8 Å². The number of nitrogens with one attached hydrogen (secondary N) is 1. The lowest BCUT2D eigenvalue weighted by molar-refractivity contribution is 0.0666. The number of nitrogens with zero attached hydrogens (tertiary/aromatic N) is 4. The maximum atomic E-state index is 12.1. The van der Waals surface area contributed by atoms with Crippen LogP contribution in [0.4, 0.5) is 0 Å². The molecule has 1 unspecified atom stereocenters. The average Bonchev–Trinajstić information content (AvgIpc) is 3.00. The number of carbonyl (C=O) groups excluding carboxylic acids is 1. The standard InChI is InChI=1S/C10H11N5OS/c1-6-7-3-5-17-8(7)2-4-15(6)10(16)9-11-13-14-12-9/h3,5-6H,2,4H2,1H3,(H,11,12,13,14). The van der Waals surface area contributed by atoms with Crippen LogP contribution in [0.5, 0.6) is 0 Å². The molecule has 6 nitrogen and oxygen atoms in total. The number of amides is 1. The maximum absolute atomic E-state index is 12.1. The van der Waals surface area contributed by atoms with Gasteiger partial charge in [-0.25, -0.2) is 0 Å². The Hall–Kier alpha value is -1.76. The molecule has 7 heteroatoms. The van der Waals surface area contributed by atoms with Gasteiger partial charge >= 0.3 is 0 Å². The van der Waals surface area contributed by atoms with E-state index in [-0.39, 0.29) is 17.8 Å². The molecule has 0 aromatic carbocycles. The molecule has 0 fully saturated rings. The van der Waals surface area contributed by atoms with Crippen molar-refractivity contribution >= 4 is 17.2 Å².